The van der Waals surface area contributed by atoms with Crippen LogP contribution in [-0.2, 0) is 17.1 Å². The number of thioether (sulfide) groups is 1. The summed E-state index contributed by atoms with van der Waals surface area (Å²) in [5.41, 5.74) is 3.13. The van der Waals surface area contributed by atoms with E-state index in [-0.39, 0.29) is 11.5 Å². The molecule has 0 spiro atoms. The van der Waals surface area contributed by atoms with Crippen molar-refractivity contribution in [2.75, 3.05) is 5.75 Å². The number of halogens is 1. The number of benzene rings is 1. The van der Waals surface area contributed by atoms with Gasteiger partial charge in [0.05, 0.1) is 11.4 Å². The van der Waals surface area contributed by atoms with Crippen molar-refractivity contribution in [3.05, 3.63) is 80.9 Å². The van der Waals surface area contributed by atoms with Crippen molar-refractivity contribution in [2.24, 2.45) is 0 Å². The standard InChI is InChI=1S/C19H18ClN3O2S/c1-13-5-6-17-22-16(8-19(25)23(17)10-13)11-26-12-18(24)21-9-14-3-2-4-15(20)7-14/h2-8,10H,9,11-12H2,1H3,(H,21,24). The van der Waals surface area contributed by atoms with Crippen molar-refractivity contribution in [1.82, 2.24) is 14.7 Å². The van der Waals surface area contributed by atoms with Crippen molar-refractivity contribution in [2.45, 2.75) is 19.2 Å². The minimum atomic E-state index is -0.111. The third-order valence-corrected chi connectivity index (χ3v) is 4.92. The fraction of sp³-hybridized carbons (Fsp3) is 0.211. The predicted octanol–water partition coefficient (Wildman–Crippen LogP) is 3.21. The second kappa shape index (κ2) is 8.38. The number of carbonyl (C=O) groups is 1. The highest BCUT2D eigenvalue weighted by Gasteiger charge is 2.06. The van der Waals surface area contributed by atoms with Gasteiger partial charge in [0.15, 0.2) is 0 Å². The maximum absolute atomic E-state index is 12.2. The molecule has 0 aliphatic carbocycles. The van der Waals surface area contributed by atoms with Gasteiger partial charge in [-0.05, 0) is 36.2 Å². The van der Waals surface area contributed by atoms with Crippen LogP contribution in [0.5, 0.6) is 0 Å². The van der Waals surface area contributed by atoms with E-state index >= 15 is 0 Å². The van der Waals surface area contributed by atoms with Gasteiger partial charge in [-0.15, -0.1) is 11.8 Å². The van der Waals surface area contributed by atoms with Crippen molar-refractivity contribution >= 4 is 34.9 Å². The maximum atomic E-state index is 12.2. The quantitative estimate of drug-likeness (QED) is 0.705. The van der Waals surface area contributed by atoms with Crippen LogP contribution in [0, 0.1) is 6.92 Å². The van der Waals surface area contributed by atoms with Crippen molar-refractivity contribution < 1.29 is 4.79 Å². The lowest BCUT2D eigenvalue weighted by atomic mass is 10.2. The van der Waals surface area contributed by atoms with E-state index in [2.05, 4.69) is 10.3 Å². The van der Waals surface area contributed by atoms with E-state index in [1.165, 1.54) is 22.2 Å². The number of amides is 1. The molecule has 134 valence electrons. The van der Waals surface area contributed by atoms with Gasteiger partial charge in [-0.2, -0.15) is 0 Å². The first-order valence-corrected chi connectivity index (χ1v) is 9.62. The van der Waals surface area contributed by atoms with Gasteiger partial charge in [0.1, 0.15) is 5.65 Å². The van der Waals surface area contributed by atoms with Crippen molar-refractivity contribution in [1.29, 1.82) is 0 Å². The zero-order valence-electron chi connectivity index (χ0n) is 14.2. The third kappa shape index (κ3) is 4.86. The molecule has 0 atom stereocenters. The third-order valence-electron chi connectivity index (χ3n) is 3.72. The summed E-state index contributed by atoms with van der Waals surface area (Å²) in [6.07, 6.45) is 1.77. The molecule has 1 amide bonds. The summed E-state index contributed by atoms with van der Waals surface area (Å²) in [5, 5.41) is 3.50. The molecule has 0 bridgehead atoms. The maximum Gasteiger partial charge on any atom is 0.258 e. The van der Waals surface area contributed by atoms with E-state index in [0.29, 0.717) is 34.4 Å². The lowest BCUT2D eigenvalue weighted by molar-refractivity contribution is -0.118. The van der Waals surface area contributed by atoms with Crippen molar-refractivity contribution in [3.8, 4) is 0 Å². The number of hydrogen-bond donors (Lipinski definition) is 1. The number of aryl methyl sites for hydroxylation is 1. The molecule has 26 heavy (non-hydrogen) atoms. The Kier molecular flexibility index (Phi) is 5.96. The van der Waals surface area contributed by atoms with Gasteiger partial charge in [-0.25, -0.2) is 4.98 Å². The first kappa shape index (κ1) is 18.5. The van der Waals surface area contributed by atoms with Gasteiger partial charge < -0.3 is 5.32 Å². The lowest BCUT2D eigenvalue weighted by Crippen LogP contribution is -2.24. The lowest BCUT2D eigenvalue weighted by Gasteiger charge is -2.07. The van der Waals surface area contributed by atoms with Gasteiger partial charge in [0, 0.05) is 29.6 Å². The molecule has 0 fully saturated rings. The average molecular weight is 388 g/mol. The summed E-state index contributed by atoms with van der Waals surface area (Å²) in [4.78, 5) is 28.6. The Morgan fingerprint density at radius 1 is 1.27 bits per heavy atom. The number of carbonyl (C=O) groups excluding carboxylic acids is 1. The largest absolute Gasteiger partial charge is 0.351 e. The van der Waals surface area contributed by atoms with Gasteiger partial charge >= 0.3 is 0 Å². The van der Waals surface area contributed by atoms with Crippen LogP contribution in [-0.4, -0.2) is 21.0 Å². The van der Waals surface area contributed by atoms with Crippen LogP contribution in [0.25, 0.3) is 5.65 Å². The Morgan fingerprint density at radius 3 is 2.92 bits per heavy atom. The Morgan fingerprint density at radius 2 is 2.12 bits per heavy atom. The molecule has 3 aromatic rings. The van der Waals surface area contributed by atoms with Crippen LogP contribution < -0.4 is 10.9 Å². The Labute approximate surface area is 160 Å². The average Bonchev–Trinajstić information content (AvgIpc) is 2.61. The van der Waals surface area contributed by atoms with E-state index in [0.717, 1.165) is 11.1 Å². The summed E-state index contributed by atoms with van der Waals surface area (Å²) >= 11 is 7.35. The van der Waals surface area contributed by atoms with E-state index in [1.807, 2.05) is 37.3 Å². The summed E-state index contributed by atoms with van der Waals surface area (Å²) in [7, 11) is 0. The Balaban J connectivity index is 1.53. The molecular weight excluding hydrogens is 370 g/mol. The van der Waals surface area contributed by atoms with Crippen LogP contribution in [0.1, 0.15) is 16.8 Å². The predicted molar refractivity (Wildman–Crippen MR) is 106 cm³/mol. The van der Waals surface area contributed by atoms with Gasteiger partial charge in [0.25, 0.3) is 5.56 Å². The molecule has 2 heterocycles. The fourth-order valence-electron chi connectivity index (χ4n) is 2.48. The zero-order chi connectivity index (χ0) is 18.5. The first-order chi connectivity index (χ1) is 12.5. The first-order valence-electron chi connectivity index (χ1n) is 8.09. The second-order valence-electron chi connectivity index (χ2n) is 5.92. The molecule has 1 N–H and O–H groups in total. The van der Waals surface area contributed by atoms with Gasteiger partial charge in [-0.3, -0.25) is 14.0 Å². The number of aromatic nitrogens is 2. The summed E-state index contributed by atoms with van der Waals surface area (Å²) in [6, 6.07) is 12.6. The highest BCUT2D eigenvalue weighted by Crippen LogP contribution is 2.12. The highest BCUT2D eigenvalue weighted by molar-refractivity contribution is 7.99. The van der Waals surface area contributed by atoms with Crippen LogP contribution in [0.3, 0.4) is 0 Å². The van der Waals surface area contributed by atoms with Gasteiger partial charge in [-0.1, -0.05) is 29.8 Å². The number of nitrogens with one attached hydrogen (secondary N) is 1. The monoisotopic (exact) mass is 387 g/mol. The number of pyridine rings is 1. The molecule has 3 rings (SSSR count). The molecular formula is C19H18ClN3O2S. The molecule has 7 heteroatoms. The number of nitrogens with zero attached hydrogens (tertiary/aromatic N) is 2. The number of hydrogen-bond acceptors (Lipinski definition) is 4. The molecule has 2 aromatic heterocycles. The zero-order valence-corrected chi connectivity index (χ0v) is 15.8. The fourth-order valence-corrected chi connectivity index (χ4v) is 3.44. The van der Waals surface area contributed by atoms with Crippen LogP contribution in [0.15, 0.2) is 53.5 Å². The molecule has 0 aliphatic rings. The molecule has 0 radical (unpaired) electrons. The molecule has 5 nitrogen and oxygen atoms in total. The molecule has 1 aromatic carbocycles. The van der Waals surface area contributed by atoms with E-state index < -0.39 is 0 Å². The Hall–Kier alpha value is -2.31. The molecule has 0 saturated carbocycles. The number of fused-ring (bicyclic) bond motifs is 1. The normalized spacial score (nSPS) is 10.8. The summed E-state index contributed by atoms with van der Waals surface area (Å²) in [5.74, 6) is 0.739. The van der Waals surface area contributed by atoms with Crippen LogP contribution in [0.4, 0.5) is 0 Å². The smallest absolute Gasteiger partial charge is 0.258 e. The minimum absolute atomic E-state index is 0.0666. The van der Waals surface area contributed by atoms with Gasteiger partial charge in [0.2, 0.25) is 5.91 Å². The topological polar surface area (TPSA) is 63.5 Å². The summed E-state index contributed by atoms with van der Waals surface area (Å²) < 4.78 is 1.53. The van der Waals surface area contributed by atoms with E-state index in [9.17, 15) is 9.59 Å². The van der Waals surface area contributed by atoms with Crippen LogP contribution in [0.2, 0.25) is 5.02 Å². The minimum Gasteiger partial charge on any atom is -0.351 e. The van der Waals surface area contributed by atoms with E-state index in [4.69, 9.17) is 11.6 Å². The Bertz CT molecular complexity index is 1000. The molecule has 0 unspecified atom stereocenters. The second-order valence-corrected chi connectivity index (χ2v) is 7.34. The SMILES string of the molecule is Cc1ccc2nc(CSCC(=O)NCc3cccc(Cl)c3)cc(=O)n2c1. The highest BCUT2D eigenvalue weighted by atomic mass is 35.5. The summed E-state index contributed by atoms with van der Waals surface area (Å²) in [6.45, 7) is 2.37. The van der Waals surface area contributed by atoms with Crippen LogP contribution >= 0.6 is 23.4 Å². The number of rotatable bonds is 6. The molecule has 0 saturated heterocycles. The van der Waals surface area contributed by atoms with Crippen molar-refractivity contribution in [3.63, 3.8) is 0 Å². The molecule has 0 aliphatic heterocycles. The van der Waals surface area contributed by atoms with E-state index in [1.54, 1.807) is 12.3 Å².